The summed E-state index contributed by atoms with van der Waals surface area (Å²) in [6.07, 6.45) is 1.53. The summed E-state index contributed by atoms with van der Waals surface area (Å²) in [6.45, 7) is 1.73. The molecule has 0 unspecified atom stereocenters. The second-order valence-electron chi connectivity index (χ2n) is 3.56. The third-order valence-corrected chi connectivity index (χ3v) is 2.27. The van der Waals surface area contributed by atoms with Crippen molar-refractivity contribution < 1.29 is 9.90 Å². The lowest BCUT2D eigenvalue weighted by Gasteiger charge is -2.05. The molecule has 0 aliphatic heterocycles. The molecule has 0 fully saturated rings. The molecule has 5 nitrogen and oxygen atoms in total. The molecule has 1 amide bonds. The lowest BCUT2D eigenvalue weighted by atomic mass is 10.1. The zero-order valence-corrected chi connectivity index (χ0v) is 9.21. The summed E-state index contributed by atoms with van der Waals surface area (Å²) in [5.41, 5.74) is 1.11. The number of aryl methyl sites for hydroxylation is 1. The first kappa shape index (κ1) is 11.1. The van der Waals surface area contributed by atoms with Crippen molar-refractivity contribution in [3.63, 3.8) is 0 Å². The van der Waals surface area contributed by atoms with Gasteiger partial charge in [0, 0.05) is 11.8 Å². The molecule has 0 radical (unpaired) electrons. The van der Waals surface area contributed by atoms with E-state index in [9.17, 15) is 9.90 Å². The van der Waals surface area contributed by atoms with E-state index in [1.807, 2.05) is 0 Å². The normalized spacial score (nSPS) is 9.94. The van der Waals surface area contributed by atoms with E-state index in [0.29, 0.717) is 16.9 Å². The summed E-state index contributed by atoms with van der Waals surface area (Å²) >= 11 is 0. The Hall–Kier alpha value is -2.43. The van der Waals surface area contributed by atoms with Crippen LogP contribution in [0.15, 0.2) is 36.5 Å². The quantitative estimate of drug-likeness (QED) is 0.822. The van der Waals surface area contributed by atoms with Gasteiger partial charge in [-0.25, -0.2) is 0 Å². The molecule has 2 rings (SSSR count). The van der Waals surface area contributed by atoms with Crippen LogP contribution < -0.4 is 5.32 Å². The number of nitrogens with zero attached hydrogens (tertiary/aromatic N) is 2. The van der Waals surface area contributed by atoms with Crippen LogP contribution in [0.4, 0.5) is 5.82 Å². The molecular weight excluding hydrogens is 218 g/mol. The number of carbonyl (C=O) groups is 1. The van der Waals surface area contributed by atoms with Crippen molar-refractivity contribution in [3.8, 4) is 5.75 Å². The molecule has 0 atom stereocenters. The fraction of sp³-hybridized carbons (Fsp3) is 0.0833. The molecule has 0 aliphatic rings. The van der Waals surface area contributed by atoms with Crippen molar-refractivity contribution in [2.45, 2.75) is 6.92 Å². The Labute approximate surface area is 98.1 Å². The first-order chi connectivity index (χ1) is 8.16. The molecule has 0 aliphatic carbocycles. The molecular formula is C12H11N3O2. The lowest BCUT2D eigenvalue weighted by molar-refractivity contribution is 0.102. The third-order valence-electron chi connectivity index (χ3n) is 2.27. The third kappa shape index (κ3) is 2.57. The maximum absolute atomic E-state index is 11.8. The van der Waals surface area contributed by atoms with E-state index in [0.717, 1.165) is 0 Å². The summed E-state index contributed by atoms with van der Waals surface area (Å²) in [6, 6.07) is 7.98. The number of amides is 1. The maximum Gasteiger partial charge on any atom is 0.256 e. The number of aromatic nitrogens is 2. The Morgan fingerprint density at radius 2 is 2.18 bits per heavy atom. The highest BCUT2D eigenvalue weighted by molar-refractivity contribution is 6.03. The highest BCUT2D eigenvalue weighted by Crippen LogP contribution is 2.17. The van der Waals surface area contributed by atoms with E-state index in [-0.39, 0.29) is 11.7 Å². The largest absolute Gasteiger partial charge is 0.508 e. The fourth-order valence-electron chi connectivity index (χ4n) is 1.35. The van der Waals surface area contributed by atoms with Crippen LogP contribution in [0.25, 0.3) is 0 Å². The van der Waals surface area contributed by atoms with Gasteiger partial charge in [0.2, 0.25) is 0 Å². The van der Waals surface area contributed by atoms with E-state index in [1.54, 1.807) is 31.2 Å². The SMILES string of the molecule is Cc1cc(C(=O)Nc2cccnn2)ccc1O. The lowest BCUT2D eigenvalue weighted by Crippen LogP contribution is -2.13. The minimum atomic E-state index is -0.284. The Morgan fingerprint density at radius 3 is 2.82 bits per heavy atom. The molecule has 0 saturated carbocycles. The van der Waals surface area contributed by atoms with Crippen LogP contribution in [-0.2, 0) is 0 Å². The molecule has 0 saturated heterocycles. The van der Waals surface area contributed by atoms with Crippen molar-refractivity contribution >= 4 is 11.7 Å². The molecule has 1 aromatic heterocycles. The van der Waals surface area contributed by atoms with Gasteiger partial charge in [0.1, 0.15) is 5.75 Å². The predicted molar refractivity (Wildman–Crippen MR) is 62.8 cm³/mol. The summed E-state index contributed by atoms with van der Waals surface area (Å²) < 4.78 is 0. The number of benzene rings is 1. The summed E-state index contributed by atoms with van der Waals surface area (Å²) in [7, 11) is 0. The van der Waals surface area contributed by atoms with Gasteiger partial charge in [-0.15, -0.1) is 5.10 Å². The maximum atomic E-state index is 11.8. The summed E-state index contributed by atoms with van der Waals surface area (Å²) in [5, 5.41) is 19.4. The monoisotopic (exact) mass is 229 g/mol. The number of phenolic OH excluding ortho intramolecular Hbond substituents is 1. The van der Waals surface area contributed by atoms with Gasteiger partial charge >= 0.3 is 0 Å². The van der Waals surface area contributed by atoms with Gasteiger partial charge < -0.3 is 10.4 Å². The van der Waals surface area contributed by atoms with Crippen LogP contribution in [0, 0.1) is 6.92 Å². The number of aromatic hydroxyl groups is 1. The second kappa shape index (κ2) is 4.61. The highest BCUT2D eigenvalue weighted by Gasteiger charge is 2.08. The van der Waals surface area contributed by atoms with E-state index in [4.69, 9.17) is 0 Å². The summed E-state index contributed by atoms with van der Waals surface area (Å²) in [5.74, 6) is 0.276. The first-order valence-electron chi connectivity index (χ1n) is 5.05. The van der Waals surface area contributed by atoms with Crippen LogP contribution in [0.5, 0.6) is 5.75 Å². The number of carbonyl (C=O) groups excluding carboxylic acids is 1. The topological polar surface area (TPSA) is 75.1 Å². The van der Waals surface area contributed by atoms with Crippen LogP contribution in [0.2, 0.25) is 0 Å². The molecule has 17 heavy (non-hydrogen) atoms. The Morgan fingerprint density at radius 1 is 1.35 bits per heavy atom. The Bertz CT molecular complexity index is 541. The van der Waals surface area contributed by atoms with Crippen LogP contribution in [-0.4, -0.2) is 21.2 Å². The van der Waals surface area contributed by atoms with E-state index in [1.165, 1.54) is 12.3 Å². The van der Waals surface area contributed by atoms with Gasteiger partial charge in [-0.2, -0.15) is 5.10 Å². The fourth-order valence-corrected chi connectivity index (χ4v) is 1.35. The number of hydrogen-bond donors (Lipinski definition) is 2. The van der Waals surface area contributed by atoms with Gasteiger partial charge in [0.15, 0.2) is 5.82 Å². The molecule has 1 heterocycles. The average Bonchev–Trinajstić information content (AvgIpc) is 2.34. The average molecular weight is 229 g/mol. The molecule has 86 valence electrons. The smallest absolute Gasteiger partial charge is 0.256 e. The highest BCUT2D eigenvalue weighted by atomic mass is 16.3. The molecule has 0 bridgehead atoms. The Kier molecular flexibility index (Phi) is 3.00. The van der Waals surface area contributed by atoms with Gasteiger partial charge in [-0.3, -0.25) is 4.79 Å². The number of nitrogens with one attached hydrogen (secondary N) is 1. The van der Waals surface area contributed by atoms with Gasteiger partial charge in [0.25, 0.3) is 5.91 Å². The molecule has 2 N–H and O–H groups in total. The standard InChI is InChI=1S/C12H11N3O2/c1-8-7-9(4-5-10(8)16)12(17)14-11-3-2-6-13-15-11/h2-7,16H,1H3,(H,14,15,17). The molecule has 5 heteroatoms. The van der Waals surface area contributed by atoms with Crippen LogP contribution >= 0.6 is 0 Å². The van der Waals surface area contributed by atoms with Crippen LogP contribution in [0.3, 0.4) is 0 Å². The van der Waals surface area contributed by atoms with E-state index < -0.39 is 0 Å². The zero-order chi connectivity index (χ0) is 12.3. The molecule has 0 spiro atoms. The van der Waals surface area contributed by atoms with Crippen molar-refractivity contribution in [3.05, 3.63) is 47.7 Å². The minimum Gasteiger partial charge on any atom is -0.508 e. The van der Waals surface area contributed by atoms with Crippen molar-refractivity contribution in [1.82, 2.24) is 10.2 Å². The zero-order valence-electron chi connectivity index (χ0n) is 9.21. The van der Waals surface area contributed by atoms with Gasteiger partial charge in [-0.05, 0) is 42.8 Å². The molecule has 2 aromatic rings. The van der Waals surface area contributed by atoms with Gasteiger partial charge in [-0.1, -0.05) is 0 Å². The number of hydrogen-bond acceptors (Lipinski definition) is 4. The number of rotatable bonds is 2. The van der Waals surface area contributed by atoms with Crippen molar-refractivity contribution in [2.75, 3.05) is 5.32 Å². The summed E-state index contributed by atoms with van der Waals surface area (Å²) in [4.78, 5) is 11.8. The van der Waals surface area contributed by atoms with Gasteiger partial charge in [0.05, 0.1) is 0 Å². The number of phenols is 1. The second-order valence-corrected chi connectivity index (χ2v) is 3.56. The first-order valence-corrected chi connectivity index (χ1v) is 5.05. The van der Waals surface area contributed by atoms with Crippen LogP contribution in [0.1, 0.15) is 15.9 Å². The predicted octanol–water partition coefficient (Wildman–Crippen LogP) is 1.74. The Balaban J connectivity index is 2.18. The number of anilines is 1. The minimum absolute atomic E-state index is 0.168. The van der Waals surface area contributed by atoms with Crippen molar-refractivity contribution in [2.24, 2.45) is 0 Å². The molecule has 1 aromatic carbocycles. The van der Waals surface area contributed by atoms with E-state index >= 15 is 0 Å². The van der Waals surface area contributed by atoms with E-state index in [2.05, 4.69) is 15.5 Å². The van der Waals surface area contributed by atoms with Crippen molar-refractivity contribution in [1.29, 1.82) is 0 Å².